The number of para-hydroxylation sites is 1. The van der Waals surface area contributed by atoms with Crippen molar-refractivity contribution in [3.05, 3.63) is 81.8 Å². The molecular formula is C19H20N4O2. The Balaban J connectivity index is 1.98. The van der Waals surface area contributed by atoms with Crippen molar-refractivity contribution in [1.82, 2.24) is 9.36 Å². The molecule has 1 amide bonds. The summed E-state index contributed by atoms with van der Waals surface area (Å²) in [6, 6.07) is 16.4. The molecule has 2 aromatic carbocycles. The number of nitrogens with zero attached hydrogens (tertiary/aromatic N) is 2. The van der Waals surface area contributed by atoms with Crippen LogP contribution in [0.3, 0.4) is 0 Å². The molecule has 0 unspecified atom stereocenters. The SMILES string of the molecule is Cc1c(NC(=O)c2cccc(CN)c2)c(=O)n(-c2ccccc2)n1C. The molecule has 0 saturated carbocycles. The molecule has 0 radical (unpaired) electrons. The van der Waals surface area contributed by atoms with E-state index in [0.717, 1.165) is 11.3 Å². The number of amides is 1. The summed E-state index contributed by atoms with van der Waals surface area (Å²) < 4.78 is 3.25. The Hall–Kier alpha value is -3.12. The van der Waals surface area contributed by atoms with Crippen LogP contribution in [0.25, 0.3) is 5.69 Å². The first-order valence-corrected chi connectivity index (χ1v) is 7.97. The van der Waals surface area contributed by atoms with Gasteiger partial charge >= 0.3 is 0 Å². The van der Waals surface area contributed by atoms with Gasteiger partial charge in [0.1, 0.15) is 5.69 Å². The van der Waals surface area contributed by atoms with E-state index in [0.29, 0.717) is 17.8 Å². The van der Waals surface area contributed by atoms with Gasteiger partial charge in [0.05, 0.1) is 11.4 Å². The second-order valence-corrected chi connectivity index (χ2v) is 5.80. The average Bonchev–Trinajstić information content (AvgIpc) is 2.85. The molecule has 0 atom stereocenters. The summed E-state index contributed by atoms with van der Waals surface area (Å²) in [5.41, 5.74) is 8.37. The first kappa shape index (κ1) is 16.7. The van der Waals surface area contributed by atoms with E-state index in [-0.39, 0.29) is 17.2 Å². The number of benzene rings is 2. The van der Waals surface area contributed by atoms with Crippen LogP contribution in [0, 0.1) is 6.92 Å². The summed E-state index contributed by atoms with van der Waals surface area (Å²) in [5.74, 6) is -0.332. The van der Waals surface area contributed by atoms with Crippen LogP contribution in [0.2, 0.25) is 0 Å². The van der Waals surface area contributed by atoms with Crippen molar-refractivity contribution in [1.29, 1.82) is 0 Å². The van der Waals surface area contributed by atoms with E-state index in [1.165, 1.54) is 4.68 Å². The Labute approximate surface area is 145 Å². The number of hydrogen-bond donors (Lipinski definition) is 2. The maximum absolute atomic E-state index is 12.8. The lowest BCUT2D eigenvalue weighted by atomic mass is 10.1. The molecule has 3 aromatic rings. The Kier molecular flexibility index (Phi) is 4.54. The highest BCUT2D eigenvalue weighted by atomic mass is 16.2. The van der Waals surface area contributed by atoms with Gasteiger partial charge in [-0.2, -0.15) is 0 Å². The zero-order valence-corrected chi connectivity index (χ0v) is 14.2. The van der Waals surface area contributed by atoms with Crippen molar-refractivity contribution in [2.75, 3.05) is 5.32 Å². The van der Waals surface area contributed by atoms with Crippen molar-refractivity contribution in [2.45, 2.75) is 13.5 Å². The largest absolute Gasteiger partial charge is 0.326 e. The third kappa shape index (κ3) is 3.12. The highest BCUT2D eigenvalue weighted by molar-refractivity contribution is 6.04. The quantitative estimate of drug-likeness (QED) is 0.766. The Morgan fingerprint density at radius 1 is 1.12 bits per heavy atom. The molecule has 6 heteroatoms. The van der Waals surface area contributed by atoms with E-state index < -0.39 is 0 Å². The van der Waals surface area contributed by atoms with Gasteiger partial charge in [-0.05, 0) is 36.8 Å². The summed E-state index contributed by atoms with van der Waals surface area (Å²) in [5, 5.41) is 2.74. The number of rotatable bonds is 4. The Morgan fingerprint density at radius 3 is 2.52 bits per heavy atom. The lowest BCUT2D eigenvalue weighted by Gasteiger charge is -2.07. The predicted octanol–water partition coefficient (Wildman–Crippen LogP) is 2.20. The molecule has 1 heterocycles. The van der Waals surface area contributed by atoms with Crippen LogP contribution in [0.1, 0.15) is 21.6 Å². The molecule has 128 valence electrons. The van der Waals surface area contributed by atoms with Gasteiger partial charge in [-0.15, -0.1) is 0 Å². The summed E-state index contributed by atoms with van der Waals surface area (Å²) >= 11 is 0. The topological polar surface area (TPSA) is 82.1 Å². The van der Waals surface area contributed by atoms with Crippen molar-refractivity contribution in [2.24, 2.45) is 12.8 Å². The van der Waals surface area contributed by atoms with Crippen LogP contribution in [0.5, 0.6) is 0 Å². The van der Waals surface area contributed by atoms with Gasteiger partial charge in [-0.1, -0.05) is 30.3 Å². The van der Waals surface area contributed by atoms with E-state index in [1.54, 1.807) is 36.9 Å². The molecule has 3 rings (SSSR count). The minimum absolute atomic E-state index is 0.269. The van der Waals surface area contributed by atoms with Crippen molar-refractivity contribution in [3.63, 3.8) is 0 Å². The third-order valence-electron chi connectivity index (χ3n) is 4.22. The van der Waals surface area contributed by atoms with Crippen LogP contribution in [-0.2, 0) is 13.6 Å². The molecule has 3 N–H and O–H groups in total. The number of carbonyl (C=O) groups is 1. The second kappa shape index (κ2) is 6.78. The number of carbonyl (C=O) groups excluding carboxylic acids is 1. The first-order chi connectivity index (χ1) is 12.0. The molecule has 0 aliphatic carbocycles. The van der Waals surface area contributed by atoms with Crippen molar-refractivity contribution >= 4 is 11.6 Å². The van der Waals surface area contributed by atoms with Crippen LogP contribution in [-0.4, -0.2) is 15.3 Å². The highest BCUT2D eigenvalue weighted by Gasteiger charge is 2.18. The molecule has 25 heavy (non-hydrogen) atoms. The second-order valence-electron chi connectivity index (χ2n) is 5.80. The maximum atomic E-state index is 12.8. The zero-order valence-electron chi connectivity index (χ0n) is 14.2. The minimum atomic E-state index is -0.332. The highest BCUT2D eigenvalue weighted by Crippen LogP contribution is 2.15. The smallest absolute Gasteiger partial charge is 0.295 e. The summed E-state index contributed by atoms with van der Waals surface area (Å²) in [4.78, 5) is 25.3. The Morgan fingerprint density at radius 2 is 1.84 bits per heavy atom. The number of hydrogen-bond acceptors (Lipinski definition) is 3. The standard InChI is InChI=1S/C19H20N4O2/c1-13-17(21-18(24)15-8-6-7-14(11-15)12-20)19(25)23(22(13)2)16-9-4-3-5-10-16/h3-11H,12,20H2,1-2H3,(H,21,24). The van der Waals surface area contributed by atoms with Gasteiger partial charge in [0, 0.05) is 19.2 Å². The molecular weight excluding hydrogens is 316 g/mol. The summed E-state index contributed by atoms with van der Waals surface area (Å²) in [7, 11) is 1.79. The lowest BCUT2D eigenvalue weighted by Crippen LogP contribution is -2.23. The monoisotopic (exact) mass is 336 g/mol. The molecule has 0 saturated heterocycles. The lowest BCUT2D eigenvalue weighted by molar-refractivity contribution is 0.102. The molecule has 6 nitrogen and oxygen atoms in total. The minimum Gasteiger partial charge on any atom is -0.326 e. The number of nitrogens with one attached hydrogen (secondary N) is 1. The van der Waals surface area contributed by atoms with Crippen LogP contribution in [0.15, 0.2) is 59.4 Å². The van der Waals surface area contributed by atoms with Gasteiger partial charge in [0.2, 0.25) is 0 Å². The fraction of sp³-hybridized carbons (Fsp3) is 0.158. The zero-order chi connectivity index (χ0) is 18.0. The predicted molar refractivity (Wildman–Crippen MR) is 98.0 cm³/mol. The summed E-state index contributed by atoms with van der Waals surface area (Å²) in [6.07, 6.45) is 0. The van der Waals surface area contributed by atoms with Crippen LogP contribution in [0.4, 0.5) is 5.69 Å². The fourth-order valence-corrected chi connectivity index (χ4v) is 2.74. The molecule has 0 bridgehead atoms. The van der Waals surface area contributed by atoms with Gasteiger partial charge < -0.3 is 11.1 Å². The molecule has 0 spiro atoms. The van der Waals surface area contributed by atoms with Crippen molar-refractivity contribution < 1.29 is 4.79 Å². The van der Waals surface area contributed by atoms with Crippen molar-refractivity contribution in [3.8, 4) is 5.69 Å². The van der Waals surface area contributed by atoms with Gasteiger partial charge in [-0.25, -0.2) is 4.68 Å². The normalized spacial score (nSPS) is 10.7. The molecule has 0 aliphatic heterocycles. The van der Waals surface area contributed by atoms with E-state index >= 15 is 0 Å². The maximum Gasteiger partial charge on any atom is 0.295 e. The van der Waals surface area contributed by atoms with E-state index in [4.69, 9.17) is 5.73 Å². The van der Waals surface area contributed by atoms with Crippen LogP contribution >= 0.6 is 0 Å². The first-order valence-electron chi connectivity index (χ1n) is 7.97. The summed E-state index contributed by atoms with van der Waals surface area (Å²) in [6.45, 7) is 2.15. The van der Waals surface area contributed by atoms with E-state index in [2.05, 4.69) is 5.32 Å². The molecule has 1 aromatic heterocycles. The van der Waals surface area contributed by atoms with Gasteiger partial charge in [0.25, 0.3) is 11.5 Å². The number of aromatic nitrogens is 2. The van der Waals surface area contributed by atoms with Crippen LogP contribution < -0.4 is 16.6 Å². The van der Waals surface area contributed by atoms with E-state index in [9.17, 15) is 9.59 Å². The van der Waals surface area contributed by atoms with Gasteiger partial charge in [0.15, 0.2) is 0 Å². The van der Waals surface area contributed by atoms with Gasteiger partial charge in [-0.3, -0.25) is 14.3 Å². The third-order valence-corrected chi connectivity index (χ3v) is 4.22. The molecule has 0 aliphatic rings. The number of nitrogens with two attached hydrogens (primary N) is 1. The molecule has 0 fully saturated rings. The number of anilines is 1. The fourth-order valence-electron chi connectivity index (χ4n) is 2.74. The van der Waals surface area contributed by atoms with E-state index in [1.807, 2.05) is 36.4 Å². The Bertz CT molecular complexity index is 971. The average molecular weight is 336 g/mol.